The van der Waals surface area contributed by atoms with Gasteiger partial charge in [-0.1, -0.05) is 30.3 Å². The minimum atomic E-state index is -0.846. The number of ketones is 1. The van der Waals surface area contributed by atoms with Gasteiger partial charge in [0.05, 0.1) is 25.2 Å². The lowest BCUT2D eigenvalue weighted by molar-refractivity contribution is -0.155. The lowest BCUT2D eigenvalue weighted by Crippen LogP contribution is -2.71. The summed E-state index contributed by atoms with van der Waals surface area (Å²) >= 11 is 0. The first-order valence-corrected chi connectivity index (χ1v) is 14.5. The summed E-state index contributed by atoms with van der Waals surface area (Å²) in [6.07, 6.45) is 7.90. The van der Waals surface area contributed by atoms with Gasteiger partial charge in [0.25, 0.3) is 0 Å². The van der Waals surface area contributed by atoms with Gasteiger partial charge in [0, 0.05) is 42.8 Å². The summed E-state index contributed by atoms with van der Waals surface area (Å²) in [5.41, 5.74) is 2.61. The van der Waals surface area contributed by atoms with Crippen LogP contribution in [0.2, 0.25) is 0 Å². The van der Waals surface area contributed by atoms with E-state index in [1.54, 1.807) is 7.11 Å². The molecule has 38 heavy (non-hydrogen) atoms. The summed E-state index contributed by atoms with van der Waals surface area (Å²) in [6.45, 7) is 5.53. The lowest BCUT2D eigenvalue weighted by atomic mass is 9.47. The Morgan fingerprint density at radius 1 is 1.16 bits per heavy atom. The molecule has 0 N–H and O–H groups in total. The minimum Gasteiger partial charge on any atom is -0.493 e. The number of likely N-dealkylation sites (tertiary alicyclic amines) is 1. The van der Waals surface area contributed by atoms with Crippen LogP contribution < -0.4 is 14.2 Å². The van der Waals surface area contributed by atoms with Crippen LogP contribution in [0.5, 0.6) is 17.2 Å². The minimum absolute atomic E-state index is 0.233. The van der Waals surface area contributed by atoms with Gasteiger partial charge in [-0.3, -0.25) is 9.69 Å². The Balaban J connectivity index is 1.25. The average Bonchev–Trinajstić information content (AvgIpc) is 3.54. The molecule has 1 saturated carbocycles. The van der Waals surface area contributed by atoms with Crippen molar-refractivity contribution in [1.29, 1.82) is 0 Å². The molecule has 5 atom stereocenters. The van der Waals surface area contributed by atoms with E-state index in [0.29, 0.717) is 36.8 Å². The zero-order valence-corrected chi connectivity index (χ0v) is 22.7. The van der Waals surface area contributed by atoms with E-state index >= 15 is 0 Å². The van der Waals surface area contributed by atoms with Gasteiger partial charge in [-0.2, -0.15) is 0 Å². The van der Waals surface area contributed by atoms with E-state index in [1.165, 1.54) is 16.7 Å². The Labute approximate surface area is 225 Å². The highest BCUT2D eigenvalue weighted by Crippen LogP contribution is 2.68. The molecule has 0 aromatic heterocycles. The van der Waals surface area contributed by atoms with E-state index in [1.807, 2.05) is 6.07 Å². The van der Waals surface area contributed by atoms with E-state index in [0.717, 1.165) is 76.1 Å². The Bertz CT molecular complexity index is 1220. The Hall–Kier alpha value is -2.57. The number of nitrogens with zero attached hydrogens (tertiary/aromatic N) is 1. The molecule has 2 aromatic carbocycles. The highest BCUT2D eigenvalue weighted by Gasteiger charge is 2.72. The molecule has 6 nitrogen and oxygen atoms in total. The first-order chi connectivity index (χ1) is 18.5. The molecular weight excluding hydrogens is 478 g/mol. The molecule has 3 heterocycles. The number of hydrogen-bond acceptors (Lipinski definition) is 6. The van der Waals surface area contributed by atoms with Crippen molar-refractivity contribution in [2.24, 2.45) is 5.92 Å². The number of ether oxygens (including phenoxy) is 4. The van der Waals surface area contributed by atoms with Gasteiger partial charge in [-0.05, 0) is 69.9 Å². The molecule has 7 rings (SSSR count). The first-order valence-electron chi connectivity index (χ1n) is 14.5. The first kappa shape index (κ1) is 24.5. The molecule has 1 unspecified atom stereocenters. The zero-order chi connectivity index (χ0) is 25.9. The maximum absolute atomic E-state index is 13.6. The molecule has 6 heteroatoms. The van der Waals surface area contributed by atoms with Gasteiger partial charge in [0.2, 0.25) is 0 Å². The molecule has 202 valence electrons. The number of carbonyl (C=O) groups excluding carboxylic acids is 1. The quantitative estimate of drug-likeness (QED) is 0.465. The molecule has 2 aromatic rings. The number of aryl methyl sites for hydroxylation is 1. The fraction of sp³-hybridized carbons (Fsp3) is 0.594. The van der Waals surface area contributed by atoms with Crippen LogP contribution in [-0.2, 0) is 27.8 Å². The van der Waals surface area contributed by atoms with Crippen LogP contribution in [0.25, 0.3) is 0 Å². The summed E-state index contributed by atoms with van der Waals surface area (Å²) in [4.78, 5) is 16.3. The van der Waals surface area contributed by atoms with E-state index in [-0.39, 0.29) is 11.2 Å². The fourth-order valence-corrected chi connectivity index (χ4v) is 8.53. The van der Waals surface area contributed by atoms with E-state index in [9.17, 15) is 4.79 Å². The predicted octanol–water partition coefficient (Wildman–Crippen LogP) is 4.88. The molecule has 0 amide bonds. The monoisotopic (exact) mass is 517 g/mol. The second-order valence-corrected chi connectivity index (χ2v) is 12.0. The van der Waals surface area contributed by atoms with Crippen molar-refractivity contribution in [1.82, 2.24) is 4.90 Å². The molecule has 0 radical (unpaired) electrons. The van der Waals surface area contributed by atoms with Crippen LogP contribution in [-0.4, -0.2) is 61.8 Å². The fourth-order valence-electron chi connectivity index (χ4n) is 8.53. The highest BCUT2D eigenvalue weighted by molar-refractivity contribution is 5.93. The van der Waals surface area contributed by atoms with E-state index in [4.69, 9.17) is 18.9 Å². The van der Waals surface area contributed by atoms with Gasteiger partial charge in [0.1, 0.15) is 5.75 Å². The number of benzene rings is 2. The zero-order valence-electron chi connectivity index (χ0n) is 22.7. The van der Waals surface area contributed by atoms with Crippen molar-refractivity contribution in [2.45, 2.75) is 81.5 Å². The Kier molecular flexibility index (Phi) is 5.97. The highest BCUT2D eigenvalue weighted by atomic mass is 16.5. The molecular formula is C32H39NO5. The average molecular weight is 518 g/mol. The molecule has 2 aliphatic carbocycles. The molecule has 3 fully saturated rings. The van der Waals surface area contributed by atoms with Crippen molar-refractivity contribution in [3.8, 4) is 17.2 Å². The summed E-state index contributed by atoms with van der Waals surface area (Å²) in [6, 6.07) is 12.9. The smallest absolute Gasteiger partial charge is 0.177 e. The largest absolute Gasteiger partial charge is 0.493 e. The topological polar surface area (TPSA) is 57.2 Å². The number of piperidine rings is 1. The van der Waals surface area contributed by atoms with Gasteiger partial charge in [-0.15, -0.1) is 0 Å². The SMILES string of the molecule is COc1cc(OCCCc2ccccc2)c2c3c1O[C@@]1(C)C(=O)CC[C@H]4[C@@H](C2)N(CC2CCCO2)CC[C@@]341. The molecule has 2 saturated heterocycles. The number of carbonyl (C=O) groups is 1. The van der Waals surface area contributed by atoms with Crippen LogP contribution >= 0.6 is 0 Å². The third-order valence-corrected chi connectivity index (χ3v) is 10.3. The van der Waals surface area contributed by atoms with Gasteiger partial charge in [0.15, 0.2) is 22.9 Å². The van der Waals surface area contributed by atoms with Gasteiger partial charge < -0.3 is 18.9 Å². The van der Waals surface area contributed by atoms with E-state index < -0.39 is 5.60 Å². The van der Waals surface area contributed by atoms with Crippen LogP contribution in [0.3, 0.4) is 0 Å². The number of methoxy groups -OCH3 is 1. The predicted molar refractivity (Wildman–Crippen MR) is 144 cm³/mol. The van der Waals surface area contributed by atoms with Crippen LogP contribution in [0.4, 0.5) is 0 Å². The summed E-state index contributed by atoms with van der Waals surface area (Å²) in [5, 5.41) is 0. The van der Waals surface area contributed by atoms with Crippen molar-refractivity contribution in [3.63, 3.8) is 0 Å². The summed E-state index contributed by atoms with van der Waals surface area (Å²) < 4.78 is 25.2. The third-order valence-electron chi connectivity index (χ3n) is 10.3. The summed E-state index contributed by atoms with van der Waals surface area (Å²) in [5.74, 6) is 3.00. The van der Waals surface area contributed by atoms with Crippen molar-refractivity contribution < 1.29 is 23.7 Å². The molecule has 2 bridgehead atoms. The standard InChI is InChI=1S/C32H39NO5/c1-31-28(34)13-12-24-25-18-23-26(37-17-6-10-21-8-4-3-5-9-21)19-27(35-2)30(38-31)29(23)32(24,31)14-15-33(25)20-22-11-7-16-36-22/h3-5,8-9,19,22,24-25H,6-7,10-18,20H2,1-2H3/t22?,24-,25+,31-,32-/m0/s1. The van der Waals surface area contributed by atoms with E-state index in [2.05, 4.69) is 42.2 Å². The normalized spacial score (nSPS) is 33.1. The number of Topliss-reactive ketones (excluding diaryl/α,β-unsaturated/α-hetero) is 1. The second-order valence-electron chi connectivity index (χ2n) is 12.0. The number of hydrogen-bond donors (Lipinski definition) is 0. The molecule has 1 spiro atoms. The van der Waals surface area contributed by atoms with Crippen LogP contribution in [0, 0.1) is 5.92 Å². The van der Waals surface area contributed by atoms with Gasteiger partial charge in [-0.25, -0.2) is 0 Å². The maximum Gasteiger partial charge on any atom is 0.177 e. The van der Waals surface area contributed by atoms with Crippen molar-refractivity contribution in [3.05, 3.63) is 53.1 Å². The third kappa shape index (κ3) is 3.49. The lowest BCUT2D eigenvalue weighted by Gasteiger charge is -2.60. The van der Waals surface area contributed by atoms with Crippen LogP contribution in [0.15, 0.2) is 36.4 Å². The van der Waals surface area contributed by atoms with Gasteiger partial charge >= 0.3 is 0 Å². The Morgan fingerprint density at radius 3 is 2.82 bits per heavy atom. The number of rotatable bonds is 8. The van der Waals surface area contributed by atoms with Crippen molar-refractivity contribution >= 4 is 5.78 Å². The molecule has 5 aliphatic rings. The van der Waals surface area contributed by atoms with Crippen LogP contribution in [0.1, 0.15) is 62.1 Å². The maximum atomic E-state index is 13.6. The summed E-state index contributed by atoms with van der Waals surface area (Å²) in [7, 11) is 1.69. The van der Waals surface area contributed by atoms with Crippen molar-refractivity contribution in [2.75, 3.05) is 33.4 Å². The second kappa shape index (κ2) is 9.27. The Morgan fingerprint density at radius 2 is 2.03 bits per heavy atom. The molecule has 3 aliphatic heterocycles.